The monoisotopic (exact) mass is 282 g/mol. The van der Waals surface area contributed by atoms with E-state index < -0.39 is 17.8 Å². The first-order valence-electron chi connectivity index (χ1n) is 6.41. The molecule has 1 aliphatic rings. The highest BCUT2D eigenvalue weighted by atomic mass is 32.1. The maximum atomic E-state index is 11.6. The standard InChI is InChI=1S/C13H18N2O3S/c1-7(13(17)18)6-15-12-10(11(14)16)8-4-2-3-5-9(8)19-12/h7,15H,2-6H2,1H3,(H2,14,16)(H,17,18). The Balaban J connectivity index is 2.22. The summed E-state index contributed by atoms with van der Waals surface area (Å²) in [5.74, 6) is -1.78. The molecule has 0 aromatic carbocycles. The average molecular weight is 282 g/mol. The molecule has 5 nitrogen and oxygen atoms in total. The molecule has 4 N–H and O–H groups in total. The number of fused-ring (bicyclic) bond motifs is 1. The third-order valence-electron chi connectivity index (χ3n) is 3.41. The Morgan fingerprint density at radius 1 is 1.42 bits per heavy atom. The van der Waals surface area contributed by atoms with E-state index in [1.807, 2.05) is 0 Å². The van der Waals surface area contributed by atoms with Crippen molar-refractivity contribution in [3.8, 4) is 0 Å². The van der Waals surface area contributed by atoms with E-state index in [4.69, 9.17) is 10.8 Å². The second kappa shape index (κ2) is 5.61. The summed E-state index contributed by atoms with van der Waals surface area (Å²) in [6.07, 6.45) is 4.09. The van der Waals surface area contributed by atoms with E-state index in [1.54, 1.807) is 6.92 Å². The minimum Gasteiger partial charge on any atom is -0.481 e. The minimum absolute atomic E-state index is 0.301. The van der Waals surface area contributed by atoms with Crippen LogP contribution in [0, 0.1) is 5.92 Å². The second-order valence-corrected chi connectivity index (χ2v) is 6.00. The molecule has 0 saturated heterocycles. The van der Waals surface area contributed by atoms with Gasteiger partial charge in [-0.15, -0.1) is 11.3 Å². The first-order valence-corrected chi connectivity index (χ1v) is 7.23. The minimum atomic E-state index is -0.852. The topological polar surface area (TPSA) is 92.4 Å². The van der Waals surface area contributed by atoms with Crippen LogP contribution in [0.2, 0.25) is 0 Å². The van der Waals surface area contributed by atoms with E-state index in [9.17, 15) is 9.59 Å². The summed E-state index contributed by atoms with van der Waals surface area (Å²) in [6.45, 7) is 1.93. The van der Waals surface area contributed by atoms with E-state index in [0.29, 0.717) is 12.1 Å². The molecule has 0 radical (unpaired) electrons. The summed E-state index contributed by atoms with van der Waals surface area (Å²) in [7, 11) is 0. The number of primary amides is 1. The molecule has 1 aromatic rings. The van der Waals surface area contributed by atoms with Crippen LogP contribution in [0.1, 0.15) is 40.6 Å². The molecule has 104 valence electrons. The fraction of sp³-hybridized carbons (Fsp3) is 0.538. The smallest absolute Gasteiger partial charge is 0.308 e. The molecule has 1 unspecified atom stereocenters. The molecule has 0 saturated carbocycles. The third-order valence-corrected chi connectivity index (χ3v) is 4.66. The molecule has 1 atom stereocenters. The number of carboxylic acids is 1. The van der Waals surface area contributed by atoms with E-state index in [1.165, 1.54) is 16.2 Å². The molecule has 0 fully saturated rings. The Morgan fingerprint density at radius 2 is 2.11 bits per heavy atom. The molecule has 2 rings (SSSR count). The van der Waals surface area contributed by atoms with E-state index >= 15 is 0 Å². The van der Waals surface area contributed by atoms with Crippen LogP contribution in [0.15, 0.2) is 0 Å². The fourth-order valence-electron chi connectivity index (χ4n) is 2.28. The van der Waals surface area contributed by atoms with Gasteiger partial charge in [-0.25, -0.2) is 0 Å². The van der Waals surface area contributed by atoms with Gasteiger partial charge < -0.3 is 16.2 Å². The predicted molar refractivity (Wildman–Crippen MR) is 74.8 cm³/mol. The largest absolute Gasteiger partial charge is 0.481 e. The molecule has 1 aromatic heterocycles. The lowest BCUT2D eigenvalue weighted by Crippen LogP contribution is -2.21. The van der Waals surface area contributed by atoms with Crippen LogP contribution < -0.4 is 11.1 Å². The number of rotatable bonds is 5. The van der Waals surface area contributed by atoms with Crippen molar-refractivity contribution in [1.29, 1.82) is 0 Å². The summed E-state index contributed by atoms with van der Waals surface area (Å²) in [6, 6.07) is 0. The fourth-order valence-corrected chi connectivity index (χ4v) is 3.59. The molecule has 19 heavy (non-hydrogen) atoms. The lowest BCUT2D eigenvalue weighted by atomic mass is 9.95. The van der Waals surface area contributed by atoms with Crippen LogP contribution in [0.5, 0.6) is 0 Å². The van der Waals surface area contributed by atoms with Crippen molar-refractivity contribution in [2.75, 3.05) is 11.9 Å². The van der Waals surface area contributed by atoms with E-state index in [2.05, 4.69) is 5.32 Å². The van der Waals surface area contributed by atoms with Crippen molar-refractivity contribution in [3.05, 3.63) is 16.0 Å². The maximum absolute atomic E-state index is 11.6. The molecule has 1 aliphatic carbocycles. The number of nitrogens with one attached hydrogen (secondary N) is 1. The zero-order valence-corrected chi connectivity index (χ0v) is 11.7. The summed E-state index contributed by atoms with van der Waals surface area (Å²) in [5, 5.41) is 12.7. The number of carbonyl (C=O) groups is 2. The van der Waals surface area contributed by atoms with Gasteiger partial charge in [-0.1, -0.05) is 6.92 Å². The maximum Gasteiger partial charge on any atom is 0.308 e. The highest BCUT2D eigenvalue weighted by Gasteiger charge is 2.24. The first-order chi connectivity index (χ1) is 9.00. The van der Waals surface area contributed by atoms with E-state index in [-0.39, 0.29) is 0 Å². The molecule has 0 spiro atoms. The van der Waals surface area contributed by atoms with Crippen LogP contribution >= 0.6 is 11.3 Å². The van der Waals surface area contributed by atoms with Gasteiger partial charge in [-0.2, -0.15) is 0 Å². The Morgan fingerprint density at radius 3 is 2.74 bits per heavy atom. The van der Waals surface area contributed by atoms with Gasteiger partial charge >= 0.3 is 5.97 Å². The number of carbonyl (C=O) groups excluding carboxylic acids is 1. The van der Waals surface area contributed by atoms with Gasteiger partial charge in [0, 0.05) is 11.4 Å². The number of carboxylic acid groups (broad SMARTS) is 1. The molecule has 6 heteroatoms. The summed E-state index contributed by atoms with van der Waals surface area (Å²) in [5.41, 5.74) is 7.09. The zero-order chi connectivity index (χ0) is 14.0. The van der Waals surface area contributed by atoms with Gasteiger partial charge in [-0.3, -0.25) is 9.59 Å². The molecule has 1 heterocycles. The Hall–Kier alpha value is -1.56. The lowest BCUT2D eigenvalue weighted by molar-refractivity contribution is -0.140. The van der Waals surface area contributed by atoms with Crippen LogP contribution in [0.4, 0.5) is 5.00 Å². The second-order valence-electron chi connectivity index (χ2n) is 4.90. The van der Waals surface area contributed by atoms with Crippen LogP contribution in [0.25, 0.3) is 0 Å². The molecule has 1 amide bonds. The van der Waals surface area contributed by atoms with Gasteiger partial charge in [0.25, 0.3) is 5.91 Å². The molecule has 0 bridgehead atoms. The van der Waals surface area contributed by atoms with Gasteiger partial charge in [-0.05, 0) is 31.2 Å². The zero-order valence-electron chi connectivity index (χ0n) is 10.9. The number of aryl methyl sites for hydroxylation is 1. The van der Waals surface area contributed by atoms with E-state index in [0.717, 1.165) is 36.2 Å². The van der Waals surface area contributed by atoms with Crippen molar-refractivity contribution in [3.63, 3.8) is 0 Å². The van der Waals surface area contributed by atoms with Crippen LogP contribution in [0.3, 0.4) is 0 Å². The number of thiophene rings is 1. The third kappa shape index (κ3) is 2.89. The molecular formula is C13H18N2O3S. The van der Waals surface area contributed by atoms with Crippen molar-refractivity contribution in [1.82, 2.24) is 0 Å². The molecule has 0 aliphatic heterocycles. The highest BCUT2D eigenvalue weighted by Crippen LogP contribution is 2.37. The normalized spacial score (nSPS) is 15.6. The number of hydrogen-bond donors (Lipinski definition) is 3. The van der Waals surface area contributed by atoms with Crippen LogP contribution in [-0.2, 0) is 17.6 Å². The van der Waals surface area contributed by atoms with Gasteiger partial charge in [0.2, 0.25) is 0 Å². The number of anilines is 1. The highest BCUT2D eigenvalue weighted by molar-refractivity contribution is 7.16. The first kappa shape index (κ1) is 13.9. The molecular weight excluding hydrogens is 264 g/mol. The summed E-state index contributed by atoms with van der Waals surface area (Å²) < 4.78 is 0. The van der Waals surface area contributed by atoms with Crippen molar-refractivity contribution in [2.24, 2.45) is 11.7 Å². The number of aliphatic carboxylic acids is 1. The average Bonchev–Trinajstić information content (AvgIpc) is 2.73. The number of nitrogens with two attached hydrogens (primary N) is 1. The number of amides is 1. The number of hydrogen-bond acceptors (Lipinski definition) is 4. The SMILES string of the molecule is CC(CNc1sc2c(c1C(N)=O)CCCC2)C(=O)O. The predicted octanol–water partition coefficient (Wildman–Crippen LogP) is 1.86. The van der Waals surface area contributed by atoms with Gasteiger partial charge in [0.1, 0.15) is 5.00 Å². The van der Waals surface area contributed by atoms with Crippen molar-refractivity contribution >= 4 is 28.2 Å². The Bertz CT molecular complexity index is 510. The van der Waals surface area contributed by atoms with Crippen molar-refractivity contribution in [2.45, 2.75) is 32.6 Å². The van der Waals surface area contributed by atoms with Crippen LogP contribution in [-0.4, -0.2) is 23.5 Å². The van der Waals surface area contributed by atoms with Gasteiger partial charge in [0.05, 0.1) is 11.5 Å². The quantitative estimate of drug-likeness (QED) is 0.768. The summed E-state index contributed by atoms with van der Waals surface area (Å²) in [4.78, 5) is 23.6. The lowest BCUT2D eigenvalue weighted by Gasteiger charge is -2.11. The van der Waals surface area contributed by atoms with Gasteiger partial charge in [0.15, 0.2) is 0 Å². The Labute approximate surface area is 115 Å². The Kier molecular flexibility index (Phi) is 4.09. The van der Waals surface area contributed by atoms with Crippen molar-refractivity contribution < 1.29 is 14.7 Å². The summed E-state index contributed by atoms with van der Waals surface area (Å²) >= 11 is 1.54.